The first-order chi connectivity index (χ1) is 16.2. The van der Waals surface area contributed by atoms with Crippen molar-refractivity contribution in [2.45, 2.75) is 31.3 Å². The van der Waals surface area contributed by atoms with Crippen molar-refractivity contribution in [2.75, 3.05) is 18.1 Å². The van der Waals surface area contributed by atoms with Crippen molar-refractivity contribution in [2.24, 2.45) is 0 Å². The lowest BCUT2D eigenvalue weighted by atomic mass is 9.88. The summed E-state index contributed by atoms with van der Waals surface area (Å²) in [6, 6.07) is 26.1. The van der Waals surface area contributed by atoms with Crippen LogP contribution in [0.4, 0.5) is 5.13 Å². The summed E-state index contributed by atoms with van der Waals surface area (Å²) in [5.41, 5.74) is 3.11. The van der Waals surface area contributed by atoms with Gasteiger partial charge < -0.3 is 4.74 Å². The molecule has 1 aliphatic rings. The summed E-state index contributed by atoms with van der Waals surface area (Å²) in [4.78, 5) is 20.4. The number of halogens is 1. The maximum Gasteiger partial charge on any atom is 0.229 e. The maximum atomic E-state index is 13.8. The number of carbonyl (C=O) groups excluding carboxylic acids is 1. The highest BCUT2D eigenvalue weighted by atomic mass is 35.5. The fourth-order valence-corrected chi connectivity index (χ4v) is 5.63. The van der Waals surface area contributed by atoms with Gasteiger partial charge in [-0.05, 0) is 42.2 Å². The van der Waals surface area contributed by atoms with Gasteiger partial charge in [-0.25, -0.2) is 4.98 Å². The van der Waals surface area contributed by atoms with Crippen LogP contribution in [0.5, 0.6) is 0 Å². The number of hydrogen-bond acceptors (Lipinski definition) is 4. The molecule has 0 radical (unpaired) electrons. The number of carbonyl (C=O) groups is 1. The molecule has 0 spiro atoms. The highest BCUT2D eigenvalue weighted by Crippen LogP contribution is 2.34. The third-order valence-corrected chi connectivity index (χ3v) is 7.34. The van der Waals surface area contributed by atoms with Gasteiger partial charge in [-0.2, -0.15) is 0 Å². The Morgan fingerprint density at radius 3 is 2.39 bits per heavy atom. The van der Waals surface area contributed by atoms with Gasteiger partial charge in [-0.15, -0.1) is 0 Å². The third kappa shape index (κ3) is 5.11. The van der Waals surface area contributed by atoms with E-state index >= 15 is 0 Å². The lowest BCUT2D eigenvalue weighted by Crippen LogP contribution is -2.38. The minimum Gasteiger partial charge on any atom is -0.376 e. The monoisotopic (exact) mass is 476 g/mol. The second kappa shape index (κ2) is 10.0. The fourth-order valence-electron chi connectivity index (χ4n) is 4.36. The molecule has 168 valence electrons. The molecule has 1 atom stereocenters. The van der Waals surface area contributed by atoms with Gasteiger partial charge in [0.1, 0.15) is 0 Å². The molecule has 4 aromatic rings. The summed E-state index contributed by atoms with van der Waals surface area (Å²) in [7, 11) is 0. The molecule has 0 N–H and O–H groups in total. The molecule has 33 heavy (non-hydrogen) atoms. The number of nitrogens with zero attached hydrogens (tertiary/aromatic N) is 2. The Morgan fingerprint density at radius 2 is 1.76 bits per heavy atom. The first kappa shape index (κ1) is 22.1. The number of ether oxygens (including phenoxy) is 1. The highest BCUT2D eigenvalue weighted by Gasteiger charge is 2.29. The lowest BCUT2D eigenvalue weighted by molar-refractivity contribution is -0.119. The van der Waals surface area contributed by atoms with Crippen LogP contribution >= 0.6 is 22.9 Å². The van der Waals surface area contributed by atoms with E-state index in [1.165, 1.54) is 11.3 Å². The van der Waals surface area contributed by atoms with Crippen molar-refractivity contribution in [3.8, 4) is 0 Å². The molecule has 6 heteroatoms. The number of benzene rings is 3. The van der Waals surface area contributed by atoms with Crippen LogP contribution in [0.1, 0.15) is 36.3 Å². The second-order valence-electron chi connectivity index (χ2n) is 8.33. The Labute approximate surface area is 202 Å². The number of anilines is 1. The van der Waals surface area contributed by atoms with Gasteiger partial charge >= 0.3 is 0 Å². The summed E-state index contributed by atoms with van der Waals surface area (Å²) < 4.78 is 6.86. The van der Waals surface area contributed by atoms with Crippen molar-refractivity contribution in [3.05, 3.63) is 95.0 Å². The van der Waals surface area contributed by atoms with Gasteiger partial charge in [0.05, 0.1) is 22.9 Å². The van der Waals surface area contributed by atoms with E-state index in [2.05, 4.69) is 24.3 Å². The fraction of sp³-hybridized carbons (Fsp3) is 0.259. The van der Waals surface area contributed by atoms with Crippen LogP contribution in [0.25, 0.3) is 10.2 Å². The number of hydrogen-bond donors (Lipinski definition) is 0. The lowest BCUT2D eigenvalue weighted by Gasteiger charge is -2.26. The number of thiazole rings is 1. The largest absolute Gasteiger partial charge is 0.376 e. The van der Waals surface area contributed by atoms with E-state index < -0.39 is 0 Å². The summed E-state index contributed by atoms with van der Waals surface area (Å²) in [6.45, 7) is 1.27. The highest BCUT2D eigenvalue weighted by molar-refractivity contribution is 7.22. The molecule has 0 saturated carbocycles. The molecule has 1 aliphatic heterocycles. The standard InChI is InChI=1S/C27H25ClN2O2S/c28-21-13-14-24-25(16-21)33-27(29-24)30(18-22-12-7-15-32-22)26(31)17-23(19-8-3-1-4-9-19)20-10-5-2-6-11-20/h1-6,8-11,13-14,16,22-23H,7,12,15,17-18H2/t22-/m1/s1. The van der Waals surface area contributed by atoms with Gasteiger partial charge in [0.2, 0.25) is 5.91 Å². The van der Waals surface area contributed by atoms with Crippen LogP contribution in [-0.4, -0.2) is 30.1 Å². The van der Waals surface area contributed by atoms with Gasteiger partial charge in [-0.1, -0.05) is 83.6 Å². The molecule has 1 amide bonds. The zero-order valence-electron chi connectivity index (χ0n) is 18.2. The normalized spacial score (nSPS) is 15.9. The quantitative estimate of drug-likeness (QED) is 0.298. The van der Waals surface area contributed by atoms with Gasteiger partial charge in [0, 0.05) is 24.0 Å². The first-order valence-corrected chi connectivity index (χ1v) is 12.4. The zero-order chi connectivity index (χ0) is 22.6. The van der Waals surface area contributed by atoms with Crippen LogP contribution in [0.3, 0.4) is 0 Å². The second-order valence-corrected chi connectivity index (χ2v) is 9.77. The van der Waals surface area contributed by atoms with E-state index in [-0.39, 0.29) is 17.9 Å². The van der Waals surface area contributed by atoms with Gasteiger partial charge in [-0.3, -0.25) is 9.69 Å². The predicted molar refractivity (Wildman–Crippen MR) is 135 cm³/mol. The van der Waals surface area contributed by atoms with Crippen LogP contribution in [0.15, 0.2) is 78.9 Å². The predicted octanol–water partition coefficient (Wildman–Crippen LogP) is 6.68. The Bertz CT molecular complexity index is 1180. The third-order valence-electron chi connectivity index (χ3n) is 6.06. The molecular weight excluding hydrogens is 452 g/mol. The van der Waals surface area contributed by atoms with E-state index in [1.54, 1.807) is 0 Å². The van der Waals surface area contributed by atoms with Crippen molar-refractivity contribution in [1.82, 2.24) is 4.98 Å². The van der Waals surface area contributed by atoms with E-state index in [0.29, 0.717) is 23.1 Å². The molecule has 0 aliphatic carbocycles. The van der Waals surface area contributed by atoms with Crippen LogP contribution in [0, 0.1) is 0 Å². The Balaban J connectivity index is 1.48. The van der Waals surface area contributed by atoms with Gasteiger partial charge in [0.15, 0.2) is 5.13 Å². The number of fused-ring (bicyclic) bond motifs is 1. The minimum atomic E-state index is -0.0317. The minimum absolute atomic E-state index is 0.0317. The molecule has 0 bridgehead atoms. The number of aromatic nitrogens is 1. The molecule has 3 aromatic carbocycles. The zero-order valence-corrected chi connectivity index (χ0v) is 19.8. The van der Waals surface area contributed by atoms with Gasteiger partial charge in [0.25, 0.3) is 0 Å². The van der Waals surface area contributed by atoms with Crippen molar-refractivity contribution >= 4 is 44.2 Å². The summed E-state index contributed by atoms with van der Waals surface area (Å²) in [5.74, 6) is 0.0177. The average Bonchev–Trinajstić information content (AvgIpc) is 3.51. The van der Waals surface area contributed by atoms with Crippen LogP contribution in [0.2, 0.25) is 5.02 Å². The molecule has 4 nitrogen and oxygen atoms in total. The van der Waals surface area contributed by atoms with Crippen molar-refractivity contribution in [3.63, 3.8) is 0 Å². The van der Waals surface area contributed by atoms with E-state index in [1.807, 2.05) is 59.5 Å². The topological polar surface area (TPSA) is 42.4 Å². The molecular formula is C27H25ClN2O2S. The Kier molecular flexibility index (Phi) is 6.72. The molecule has 2 heterocycles. The summed E-state index contributed by atoms with van der Waals surface area (Å²) >= 11 is 7.69. The maximum absolute atomic E-state index is 13.8. The SMILES string of the molecule is O=C(CC(c1ccccc1)c1ccccc1)N(C[C@H]1CCCO1)c1nc2ccc(Cl)cc2s1. The van der Waals surface area contributed by atoms with E-state index in [9.17, 15) is 4.79 Å². The van der Waals surface area contributed by atoms with Crippen molar-refractivity contribution in [1.29, 1.82) is 0 Å². The van der Waals surface area contributed by atoms with Crippen LogP contribution < -0.4 is 4.90 Å². The number of amides is 1. The molecule has 5 rings (SSSR count). The van der Waals surface area contributed by atoms with Crippen LogP contribution in [-0.2, 0) is 9.53 Å². The van der Waals surface area contributed by atoms with E-state index in [4.69, 9.17) is 21.3 Å². The molecule has 0 unspecified atom stereocenters. The molecule has 1 fully saturated rings. The first-order valence-electron chi connectivity index (χ1n) is 11.3. The summed E-state index contributed by atoms with van der Waals surface area (Å²) in [6.07, 6.45) is 2.38. The Morgan fingerprint density at radius 1 is 1.06 bits per heavy atom. The summed E-state index contributed by atoms with van der Waals surface area (Å²) in [5, 5.41) is 1.37. The average molecular weight is 477 g/mol. The smallest absolute Gasteiger partial charge is 0.229 e. The van der Waals surface area contributed by atoms with E-state index in [0.717, 1.165) is 40.8 Å². The molecule has 1 aromatic heterocycles. The van der Waals surface area contributed by atoms with Crippen molar-refractivity contribution < 1.29 is 9.53 Å². The molecule has 1 saturated heterocycles. The number of rotatable bonds is 7. The Hall–Kier alpha value is -2.73.